The first-order chi connectivity index (χ1) is 12.1. The van der Waals surface area contributed by atoms with Crippen LogP contribution in [0.1, 0.15) is 13.8 Å². The maximum Gasteiger partial charge on any atom is 0.239 e. The largest absolute Gasteiger partial charge is 0.308 e. The molecule has 2 aromatic carbocycles. The first-order valence-corrected chi connectivity index (χ1v) is 8.37. The second-order valence-electron chi connectivity index (χ2n) is 6.12. The Labute approximate surface area is 147 Å². The maximum atomic E-state index is 12.2. The zero-order valence-corrected chi connectivity index (χ0v) is 14.4. The molecule has 3 aromatic rings. The monoisotopic (exact) mass is 334 g/mol. The Morgan fingerprint density at radius 2 is 1.68 bits per heavy atom. The van der Waals surface area contributed by atoms with Gasteiger partial charge >= 0.3 is 0 Å². The number of aromatic nitrogens is 2. The predicted octanol–water partition coefficient (Wildman–Crippen LogP) is 3.48. The smallest absolute Gasteiger partial charge is 0.239 e. The van der Waals surface area contributed by atoms with Gasteiger partial charge in [0.1, 0.15) is 0 Å². The molecule has 0 saturated carbocycles. The number of anilines is 1. The van der Waals surface area contributed by atoms with Crippen LogP contribution in [0.25, 0.3) is 16.8 Å². The molecule has 1 aromatic heterocycles. The van der Waals surface area contributed by atoms with E-state index >= 15 is 0 Å². The van der Waals surface area contributed by atoms with Crippen molar-refractivity contribution < 1.29 is 4.79 Å². The number of benzene rings is 2. The van der Waals surface area contributed by atoms with Gasteiger partial charge in [0, 0.05) is 17.8 Å². The molecule has 0 spiro atoms. The van der Waals surface area contributed by atoms with Crippen molar-refractivity contribution in [3.05, 3.63) is 66.9 Å². The van der Waals surface area contributed by atoms with Crippen LogP contribution < -0.4 is 10.6 Å². The number of hydrogen-bond acceptors (Lipinski definition) is 3. The van der Waals surface area contributed by atoms with Gasteiger partial charge in [-0.05, 0) is 17.7 Å². The number of nitrogens with one attached hydrogen (secondary N) is 2. The minimum atomic E-state index is -0.107. The van der Waals surface area contributed by atoms with E-state index < -0.39 is 0 Å². The molecule has 1 heterocycles. The molecule has 1 amide bonds. The molecule has 128 valence electrons. The second-order valence-corrected chi connectivity index (χ2v) is 6.12. The summed E-state index contributed by atoms with van der Waals surface area (Å²) >= 11 is 0. The molecule has 0 saturated heterocycles. The SMILES string of the molecule is CC(C)NCC(=O)Nc1nn(-c2ccccc2)cc1-c1ccccc1. The Morgan fingerprint density at radius 1 is 1.04 bits per heavy atom. The van der Waals surface area contributed by atoms with Gasteiger partial charge in [0.05, 0.1) is 12.2 Å². The van der Waals surface area contributed by atoms with E-state index in [0.29, 0.717) is 5.82 Å². The van der Waals surface area contributed by atoms with E-state index in [1.54, 1.807) is 4.68 Å². The van der Waals surface area contributed by atoms with Gasteiger partial charge in [0.25, 0.3) is 0 Å². The maximum absolute atomic E-state index is 12.2. The van der Waals surface area contributed by atoms with Gasteiger partial charge in [-0.25, -0.2) is 4.68 Å². The van der Waals surface area contributed by atoms with Gasteiger partial charge < -0.3 is 10.6 Å². The van der Waals surface area contributed by atoms with E-state index in [2.05, 4.69) is 15.7 Å². The van der Waals surface area contributed by atoms with Gasteiger partial charge in [-0.3, -0.25) is 4.79 Å². The third-order valence-electron chi connectivity index (χ3n) is 3.75. The van der Waals surface area contributed by atoms with Crippen LogP contribution in [0.4, 0.5) is 5.82 Å². The van der Waals surface area contributed by atoms with Crippen LogP contribution in [0, 0.1) is 0 Å². The zero-order valence-electron chi connectivity index (χ0n) is 14.4. The molecular formula is C20H22N4O. The van der Waals surface area contributed by atoms with Crippen molar-refractivity contribution in [2.24, 2.45) is 0 Å². The average molecular weight is 334 g/mol. The Balaban J connectivity index is 1.92. The molecule has 25 heavy (non-hydrogen) atoms. The summed E-state index contributed by atoms with van der Waals surface area (Å²) in [5.41, 5.74) is 2.85. The molecule has 0 aliphatic carbocycles. The molecule has 0 bridgehead atoms. The predicted molar refractivity (Wildman–Crippen MR) is 101 cm³/mol. The molecule has 2 N–H and O–H groups in total. The normalized spacial score (nSPS) is 10.8. The van der Waals surface area contributed by atoms with E-state index in [-0.39, 0.29) is 18.5 Å². The quantitative estimate of drug-likeness (QED) is 0.725. The molecule has 0 aliphatic rings. The highest BCUT2D eigenvalue weighted by atomic mass is 16.2. The number of amides is 1. The lowest BCUT2D eigenvalue weighted by Crippen LogP contribution is -2.32. The summed E-state index contributed by atoms with van der Waals surface area (Å²) in [6, 6.07) is 20.0. The Kier molecular flexibility index (Phi) is 5.26. The molecule has 0 atom stereocenters. The van der Waals surface area contributed by atoms with Gasteiger partial charge in [0.15, 0.2) is 5.82 Å². The molecular weight excluding hydrogens is 312 g/mol. The van der Waals surface area contributed by atoms with Gasteiger partial charge in [-0.15, -0.1) is 5.10 Å². The van der Waals surface area contributed by atoms with Crippen molar-refractivity contribution in [2.45, 2.75) is 19.9 Å². The molecule has 0 radical (unpaired) electrons. The van der Waals surface area contributed by atoms with E-state index in [9.17, 15) is 4.79 Å². The van der Waals surface area contributed by atoms with E-state index in [4.69, 9.17) is 0 Å². The fourth-order valence-corrected chi connectivity index (χ4v) is 2.48. The summed E-state index contributed by atoms with van der Waals surface area (Å²) in [6.07, 6.45) is 1.94. The third-order valence-corrected chi connectivity index (χ3v) is 3.75. The van der Waals surface area contributed by atoms with Crippen LogP contribution in [0.5, 0.6) is 0 Å². The Bertz CT molecular complexity index is 825. The van der Waals surface area contributed by atoms with Crippen LogP contribution in [-0.2, 0) is 4.79 Å². The first-order valence-electron chi connectivity index (χ1n) is 8.37. The highest BCUT2D eigenvalue weighted by molar-refractivity contribution is 5.95. The molecule has 5 nitrogen and oxygen atoms in total. The number of nitrogens with zero attached hydrogens (tertiary/aromatic N) is 2. The number of carbonyl (C=O) groups is 1. The molecule has 0 fully saturated rings. The zero-order chi connectivity index (χ0) is 17.6. The summed E-state index contributed by atoms with van der Waals surface area (Å²) in [6.45, 7) is 4.27. The van der Waals surface area contributed by atoms with Crippen molar-refractivity contribution in [1.29, 1.82) is 0 Å². The summed E-state index contributed by atoms with van der Waals surface area (Å²) in [4.78, 5) is 12.2. The van der Waals surface area contributed by atoms with E-state index in [1.165, 1.54) is 0 Å². The third kappa shape index (κ3) is 4.33. The highest BCUT2D eigenvalue weighted by Crippen LogP contribution is 2.28. The fraction of sp³-hybridized carbons (Fsp3) is 0.200. The van der Waals surface area contributed by atoms with Crippen molar-refractivity contribution in [3.63, 3.8) is 0 Å². The van der Waals surface area contributed by atoms with Crippen LogP contribution >= 0.6 is 0 Å². The lowest BCUT2D eigenvalue weighted by atomic mass is 10.1. The van der Waals surface area contributed by atoms with Crippen LogP contribution in [-0.4, -0.2) is 28.3 Å². The summed E-state index contributed by atoms with van der Waals surface area (Å²) < 4.78 is 1.79. The van der Waals surface area contributed by atoms with Gasteiger partial charge in [-0.2, -0.15) is 0 Å². The highest BCUT2D eigenvalue weighted by Gasteiger charge is 2.14. The van der Waals surface area contributed by atoms with Crippen LogP contribution in [0.15, 0.2) is 66.9 Å². The van der Waals surface area contributed by atoms with E-state index in [1.807, 2.05) is 80.7 Å². The topological polar surface area (TPSA) is 59.0 Å². The van der Waals surface area contributed by atoms with Crippen LogP contribution in [0.2, 0.25) is 0 Å². The lowest BCUT2D eigenvalue weighted by molar-refractivity contribution is -0.115. The summed E-state index contributed by atoms with van der Waals surface area (Å²) in [7, 11) is 0. The summed E-state index contributed by atoms with van der Waals surface area (Å²) in [5, 5.41) is 10.6. The molecule has 5 heteroatoms. The van der Waals surface area contributed by atoms with Crippen LogP contribution in [0.3, 0.4) is 0 Å². The number of para-hydroxylation sites is 1. The number of hydrogen-bond donors (Lipinski definition) is 2. The van der Waals surface area contributed by atoms with Crippen molar-refractivity contribution in [1.82, 2.24) is 15.1 Å². The first kappa shape index (κ1) is 16.9. The van der Waals surface area contributed by atoms with Gasteiger partial charge in [-0.1, -0.05) is 62.4 Å². The van der Waals surface area contributed by atoms with Crippen molar-refractivity contribution in [2.75, 3.05) is 11.9 Å². The van der Waals surface area contributed by atoms with Crippen molar-refractivity contribution >= 4 is 11.7 Å². The minimum absolute atomic E-state index is 0.107. The minimum Gasteiger partial charge on any atom is -0.308 e. The molecule has 0 unspecified atom stereocenters. The Hall–Kier alpha value is -2.92. The van der Waals surface area contributed by atoms with E-state index in [0.717, 1.165) is 16.8 Å². The second kappa shape index (κ2) is 7.77. The summed E-state index contributed by atoms with van der Waals surface area (Å²) in [5.74, 6) is 0.454. The lowest BCUT2D eigenvalue weighted by Gasteiger charge is -2.08. The average Bonchev–Trinajstić information content (AvgIpc) is 3.05. The number of rotatable bonds is 6. The fourth-order valence-electron chi connectivity index (χ4n) is 2.48. The molecule has 0 aliphatic heterocycles. The standard InChI is InChI=1S/C20H22N4O/c1-15(2)21-13-19(25)22-20-18(16-9-5-3-6-10-16)14-24(23-20)17-11-7-4-8-12-17/h3-12,14-15,21H,13H2,1-2H3,(H,22,23,25). The number of carbonyl (C=O) groups excluding carboxylic acids is 1. The Morgan fingerprint density at radius 3 is 2.32 bits per heavy atom. The molecule has 3 rings (SSSR count). The van der Waals surface area contributed by atoms with Gasteiger partial charge in [0.2, 0.25) is 5.91 Å². The van der Waals surface area contributed by atoms with Crippen molar-refractivity contribution in [3.8, 4) is 16.8 Å².